The van der Waals surface area contributed by atoms with Gasteiger partial charge in [0, 0.05) is 10.0 Å². The fourth-order valence-electron chi connectivity index (χ4n) is 2.49. The van der Waals surface area contributed by atoms with Crippen LogP contribution in [0.4, 0.5) is 5.69 Å². The maximum Gasteiger partial charge on any atom is 0.270 e. The van der Waals surface area contributed by atoms with Crippen LogP contribution in [0.15, 0.2) is 41.3 Å². The minimum absolute atomic E-state index is 0.136. The molecule has 1 heterocycles. The van der Waals surface area contributed by atoms with Crippen molar-refractivity contribution in [3.63, 3.8) is 0 Å². The third-order valence-corrected chi connectivity index (χ3v) is 5.50. The van der Waals surface area contributed by atoms with Gasteiger partial charge in [0.1, 0.15) is 0 Å². The first kappa shape index (κ1) is 17.5. The summed E-state index contributed by atoms with van der Waals surface area (Å²) in [7, 11) is 0. The fraction of sp³-hybridized carbons (Fsp3) is 0.111. The van der Waals surface area contributed by atoms with Crippen LogP contribution in [0.3, 0.4) is 0 Å². The van der Waals surface area contributed by atoms with Crippen LogP contribution in [0.1, 0.15) is 16.7 Å². The Morgan fingerprint density at radius 1 is 1.12 bits per heavy atom. The van der Waals surface area contributed by atoms with Gasteiger partial charge in [-0.05, 0) is 49.2 Å². The Balaban J connectivity index is 1.98. The summed E-state index contributed by atoms with van der Waals surface area (Å²) in [6.45, 7) is 3.99. The number of hydrogen-bond donors (Lipinski definition) is 0. The van der Waals surface area contributed by atoms with Crippen molar-refractivity contribution in [1.29, 1.82) is 0 Å². The van der Waals surface area contributed by atoms with Gasteiger partial charge < -0.3 is 0 Å². The summed E-state index contributed by atoms with van der Waals surface area (Å²) in [6, 6.07) is 11.1. The third-order valence-electron chi connectivity index (χ3n) is 3.64. The quantitative estimate of drug-likeness (QED) is 0.459. The van der Waals surface area contributed by atoms with Gasteiger partial charge in [0.2, 0.25) is 0 Å². The molecule has 1 fully saturated rings. The molecule has 2 aromatic carbocycles. The third kappa shape index (κ3) is 3.38. The Bertz CT molecular complexity index is 893. The van der Waals surface area contributed by atoms with E-state index in [1.54, 1.807) is 29.2 Å². The lowest BCUT2D eigenvalue weighted by Crippen LogP contribution is -2.28. The Morgan fingerprint density at radius 3 is 2.54 bits per heavy atom. The molecule has 1 aliphatic rings. The number of benzene rings is 2. The van der Waals surface area contributed by atoms with Crippen LogP contribution in [0, 0.1) is 13.8 Å². The van der Waals surface area contributed by atoms with E-state index in [0.717, 1.165) is 22.4 Å². The molecule has 24 heavy (non-hydrogen) atoms. The second-order valence-corrected chi connectivity index (χ2v) is 7.99. The summed E-state index contributed by atoms with van der Waals surface area (Å²) >= 11 is 18.8. The first-order valence-corrected chi connectivity index (χ1v) is 9.15. The molecule has 1 saturated heterocycles. The van der Waals surface area contributed by atoms with Crippen molar-refractivity contribution in [1.82, 2.24) is 0 Å². The molecule has 0 aromatic heterocycles. The van der Waals surface area contributed by atoms with Crippen LogP contribution in [0.5, 0.6) is 0 Å². The molecule has 0 unspecified atom stereocenters. The molecular weight excluding hydrogens is 381 g/mol. The average molecular weight is 394 g/mol. The Morgan fingerprint density at radius 2 is 1.88 bits per heavy atom. The monoisotopic (exact) mass is 393 g/mol. The summed E-state index contributed by atoms with van der Waals surface area (Å²) in [6.07, 6.45) is 1.75. The second kappa shape index (κ2) is 6.89. The van der Waals surface area contributed by atoms with Gasteiger partial charge in [-0.1, -0.05) is 70.9 Å². The molecule has 1 amide bonds. The van der Waals surface area contributed by atoms with Gasteiger partial charge in [0.05, 0.1) is 10.6 Å². The minimum Gasteiger partial charge on any atom is -0.268 e. The highest BCUT2D eigenvalue weighted by Gasteiger charge is 2.34. The molecule has 0 atom stereocenters. The zero-order chi connectivity index (χ0) is 17.4. The van der Waals surface area contributed by atoms with E-state index >= 15 is 0 Å². The highest BCUT2D eigenvalue weighted by molar-refractivity contribution is 8.27. The molecule has 3 rings (SSSR count). The smallest absolute Gasteiger partial charge is 0.268 e. The molecule has 122 valence electrons. The predicted molar refractivity (Wildman–Crippen MR) is 108 cm³/mol. The Labute approximate surface area is 160 Å². The molecule has 0 saturated carbocycles. The van der Waals surface area contributed by atoms with E-state index < -0.39 is 0 Å². The second-order valence-electron chi connectivity index (χ2n) is 5.47. The lowest BCUT2D eigenvalue weighted by Gasteiger charge is -2.17. The van der Waals surface area contributed by atoms with Crippen molar-refractivity contribution in [3.8, 4) is 0 Å². The first-order chi connectivity index (χ1) is 11.4. The van der Waals surface area contributed by atoms with Gasteiger partial charge in [0.25, 0.3) is 5.91 Å². The van der Waals surface area contributed by atoms with Gasteiger partial charge in [-0.3, -0.25) is 9.69 Å². The number of nitrogens with zero attached hydrogens (tertiary/aromatic N) is 1. The average Bonchev–Trinajstić information content (AvgIpc) is 2.77. The lowest BCUT2D eigenvalue weighted by atomic mass is 10.1. The van der Waals surface area contributed by atoms with Gasteiger partial charge >= 0.3 is 0 Å². The van der Waals surface area contributed by atoms with E-state index in [-0.39, 0.29) is 5.91 Å². The van der Waals surface area contributed by atoms with Crippen molar-refractivity contribution in [2.75, 3.05) is 4.90 Å². The van der Waals surface area contributed by atoms with E-state index in [4.69, 9.17) is 35.4 Å². The molecule has 6 heteroatoms. The molecule has 0 radical (unpaired) electrons. The van der Waals surface area contributed by atoms with Crippen molar-refractivity contribution in [3.05, 3.63) is 68.0 Å². The maximum atomic E-state index is 12.8. The van der Waals surface area contributed by atoms with Crippen molar-refractivity contribution in [2.45, 2.75) is 13.8 Å². The maximum absolute atomic E-state index is 12.8. The summed E-state index contributed by atoms with van der Waals surface area (Å²) in [4.78, 5) is 14.9. The predicted octanol–water partition coefficient (Wildman–Crippen LogP) is 6.02. The van der Waals surface area contributed by atoms with Gasteiger partial charge in [-0.15, -0.1) is 0 Å². The number of amides is 1. The first-order valence-electron chi connectivity index (χ1n) is 7.17. The molecular formula is C18H13Cl2NOS2. The van der Waals surface area contributed by atoms with Crippen molar-refractivity contribution >= 4 is 69.2 Å². The van der Waals surface area contributed by atoms with Crippen LogP contribution < -0.4 is 4.90 Å². The number of hydrogen-bond acceptors (Lipinski definition) is 3. The highest BCUT2D eigenvalue weighted by atomic mass is 35.5. The number of carbonyl (C=O) groups is 1. The SMILES string of the molecule is Cc1ccc(N2C(=O)/C(=C/c3ccc(Cl)cc3Cl)SC2=S)c(C)c1. The van der Waals surface area contributed by atoms with Crippen molar-refractivity contribution in [2.24, 2.45) is 0 Å². The van der Waals surface area contributed by atoms with Gasteiger partial charge in [-0.2, -0.15) is 0 Å². The Kier molecular flexibility index (Phi) is 5.02. The number of rotatable bonds is 2. The molecule has 0 N–H and O–H groups in total. The summed E-state index contributed by atoms with van der Waals surface area (Å²) in [5.74, 6) is -0.136. The molecule has 1 aliphatic heterocycles. The van der Waals surface area contributed by atoms with E-state index in [1.165, 1.54) is 11.8 Å². The van der Waals surface area contributed by atoms with Crippen LogP contribution >= 0.6 is 47.2 Å². The van der Waals surface area contributed by atoms with Crippen LogP contribution in [0.2, 0.25) is 10.0 Å². The van der Waals surface area contributed by atoms with Gasteiger partial charge in [0.15, 0.2) is 4.32 Å². The zero-order valence-corrected chi connectivity index (χ0v) is 16.1. The number of aryl methyl sites for hydroxylation is 2. The standard InChI is InChI=1S/C18H13Cl2NOS2/c1-10-3-6-15(11(2)7-10)21-17(22)16(24-18(21)23)8-12-4-5-13(19)9-14(12)20/h3-9H,1-2H3/b16-8-. The number of anilines is 1. The Hall–Kier alpha value is -1.33. The molecule has 2 aromatic rings. The van der Waals surface area contributed by atoms with Crippen LogP contribution in [-0.4, -0.2) is 10.2 Å². The molecule has 0 spiro atoms. The number of carbonyl (C=O) groups excluding carboxylic acids is 1. The van der Waals surface area contributed by atoms with Crippen LogP contribution in [0.25, 0.3) is 6.08 Å². The fourth-order valence-corrected chi connectivity index (χ4v) is 4.23. The van der Waals surface area contributed by atoms with Crippen molar-refractivity contribution < 1.29 is 4.79 Å². The summed E-state index contributed by atoms with van der Waals surface area (Å²) in [5.41, 5.74) is 3.71. The number of thioether (sulfide) groups is 1. The number of thiocarbonyl (C=S) groups is 1. The zero-order valence-electron chi connectivity index (χ0n) is 13.0. The minimum atomic E-state index is -0.136. The highest BCUT2D eigenvalue weighted by Crippen LogP contribution is 2.38. The van der Waals surface area contributed by atoms with E-state index in [2.05, 4.69) is 0 Å². The van der Waals surface area contributed by atoms with E-state index in [1.807, 2.05) is 32.0 Å². The van der Waals surface area contributed by atoms with Gasteiger partial charge in [-0.25, -0.2) is 0 Å². The molecule has 0 aliphatic carbocycles. The van der Waals surface area contributed by atoms with Crippen LogP contribution in [-0.2, 0) is 4.79 Å². The van der Waals surface area contributed by atoms with E-state index in [0.29, 0.717) is 19.3 Å². The largest absolute Gasteiger partial charge is 0.270 e. The molecule has 2 nitrogen and oxygen atoms in total. The topological polar surface area (TPSA) is 20.3 Å². The summed E-state index contributed by atoms with van der Waals surface area (Å²) < 4.78 is 0.517. The normalized spacial score (nSPS) is 16.3. The summed E-state index contributed by atoms with van der Waals surface area (Å²) in [5, 5.41) is 1.05. The van der Waals surface area contributed by atoms with E-state index in [9.17, 15) is 4.79 Å². The lowest BCUT2D eigenvalue weighted by molar-refractivity contribution is -0.113. The molecule has 0 bridgehead atoms. The number of halogens is 2.